The van der Waals surface area contributed by atoms with Crippen LogP contribution in [0.15, 0.2) is 70.5 Å². The predicted octanol–water partition coefficient (Wildman–Crippen LogP) is 3.76. The Labute approximate surface area is 160 Å². The van der Waals surface area contributed by atoms with E-state index in [4.69, 9.17) is 0 Å². The number of halogens is 1. The summed E-state index contributed by atoms with van der Waals surface area (Å²) < 4.78 is 39.3. The van der Waals surface area contributed by atoms with Gasteiger partial charge in [-0.15, -0.1) is 0 Å². The van der Waals surface area contributed by atoms with Gasteiger partial charge in [-0.1, -0.05) is 18.2 Å². The Bertz CT molecular complexity index is 1270. The number of carbonyl (C=O) groups excluding carboxylic acids is 2. The molecule has 0 bridgehead atoms. The van der Waals surface area contributed by atoms with Gasteiger partial charge in [0, 0.05) is 22.4 Å². The molecule has 1 heterocycles. The van der Waals surface area contributed by atoms with Gasteiger partial charge in [-0.2, -0.15) is 0 Å². The van der Waals surface area contributed by atoms with Crippen molar-refractivity contribution in [1.82, 2.24) is 0 Å². The monoisotopic (exact) mass is 395 g/mol. The first kappa shape index (κ1) is 18.1. The average molecular weight is 395 g/mol. The van der Waals surface area contributed by atoms with E-state index in [1.54, 1.807) is 13.0 Å². The third-order valence-corrected chi connectivity index (χ3v) is 6.50. The molecule has 0 atom stereocenters. The first-order chi connectivity index (χ1) is 13.3. The van der Waals surface area contributed by atoms with E-state index in [2.05, 4.69) is 5.32 Å². The Morgan fingerprint density at radius 3 is 2.43 bits per heavy atom. The van der Waals surface area contributed by atoms with Crippen LogP contribution in [0.25, 0.3) is 0 Å². The van der Waals surface area contributed by atoms with Crippen molar-refractivity contribution in [2.75, 3.05) is 5.32 Å². The fourth-order valence-electron chi connectivity index (χ4n) is 3.15. The highest BCUT2D eigenvalue weighted by Gasteiger charge is 2.35. The lowest BCUT2D eigenvalue weighted by Crippen LogP contribution is -2.21. The van der Waals surface area contributed by atoms with Crippen LogP contribution < -0.4 is 5.32 Å². The number of anilines is 1. The summed E-state index contributed by atoms with van der Waals surface area (Å²) in [6, 6.07) is 13.9. The summed E-state index contributed by atoms with van der Waals surface area (Å²) in [7, 11) is -3.94. The summed E-state index contributed by atoms with van der Waals surface area (Å²) in [5, 5.41) is 2.57. The molecule has 3 aromatic rings. The summed E-state index contributed by atoms with van der Waals surface area (Å²) in [6.07, 6.45) is 0. The normalized spacial score (nSPS) is 14.1. The fourth-order valence-corrected chi connectivity index (χ4v) is 4.83. The molecule has 1 aliphatic heterocycles. The van der Waals surface area contributed by atoms with Crippen LogP contribution in [0.4, 0.5) is 10.1 Å². The van der Waals surface area contributed by atoms with E-state index < -0.39 is 27.3 Å². The molecule has 4 rings (SSSR count). The summed E-state index contributed by atoms with van der Waals surface area (Å²) in [5.41, 5.74) is 1.13. The minimum absolute atomic E-state index is 0.0252. The van der Waals surface area contributed by atoms with Gasteiger partial charge in [-0.3, -0.25) is 9.59 Å². The molecule has 1 N–H and O–H groups in total. The summed E-state index contributed by atoms with van der Waals surface area (Å²) >= 11 is 0. The van der Waals surface area contributed by atoms with Crippen molar-refractivity contribution in [1.29, 1.82) is 0 Å². The number of nitrogens with one attached hydrogen (secondary N) is 1. The van der Waals surface area contributed by atoms with E-state index in [0.717, 1.165) is 0 Å². The number of fused-ring (bicyclic) bond motifs is 2. The molecule has 140 valence electrons. The smallest absolute Gasteiger partial charge is 0.255 e. The SMILES string of the molecule is Cc1ccc(F)cc1NC(=O)c1ccc2c(c1)S(=O)(=O)c1ccccc1C2=O. The Kier molecular flexibility index (Phi) is 4.12. The topological polar surface area (TPSA) is 80.3 Å². The molecule has 0 saturated carbocycles. The molecule has 0 unspecified atom stereocenters. The zero-order valence-corrected chi connectivity index (χ0v) is 15.5. The predicted molar refractivity (Wildman–Crippen MR) is 101 cm³/mol. The van der Waals surface area contributed by atoms with Crippen molar-refractivity contribution < 1.29 is 22.4 Å². The second kappa shape index (κ2) is 6.38. The maximum absolute atomic E-state index is 13.4. The Hall–Kier alpha value is -3.32. The third-order valence-electron chi connectivity index (χ3n) is 4.65. The lowest BCUT2D eigenvalue weighted by atomic mass is 10.0. The fraction of sp³-hybridized carbons (Fsp3) is 0.0476. The van der Waals surface area contributed by atoms with Crippen molar-refractivity contribution in [3.8, 4) is 0 Å². The van der Waals surface area contributed by atoms with Crippen molar-refractivity contribution >= 4 is 27.2 Å². The van der Waals surface area contributed by atoms with Gasteiger partial charge in [0.05, 0.1) is 9.79 Å². The Morgan fingerprint density at radius 1 is 0.929 bits per heavy atom. The van der Waals surface area contributed by atoms with Crippen molar-refractivity contribution in [3.05, 3.63) is 88.7 Å². The van der Waals surface area contributed by atoms with Crippen LogP contribution in [0.5, 0.6) is 0 Å². The number of sulfone groups is 1. The van der Waals surface area contributed by atoms with E-state index in [1.165, 1.54) is 54.6 Å². The molecule has 0 spiro atoms. The van der Waals surface area contributed by atoms with Crippen molar-refractivity contribution in [3.63, 3.8) is 0 Å². The molecule has 5 nitrogen and oxygen atoms in total. The van der Waals surface area contributed by atoms with Gasteiger partial charge in [0.2, 0.25) is 9.84 Å². The molecule has 1 amide bonds. The third kappa shape index (κ3) is 2.80. The molecule has 0 saturated heterocycles. The highest BCUT2D eigenvalue weighted by atomic mass is 32.2. The molecule has 7 heteroatoms. The first-order valence-electron chi connectivity index (χ1n) is 8.39. The van der Waals surface area contributed by atoms with Crippen LogP contribution in [-0.4, -0.2) is 20.1 Å². The Balaban J connectivity index is 1.77. The highest BCUT2D eigenvalue weighted by molar-refractivity contribution is 7.91. The van der Waals surface area contributed by atoms with Crippen LogP contribution >= 0.6 is 0 Å². The maximum Gasteiger partial charge on any atom is 0.255 e. The summed E-state index contributed by atoms with van der Waals surface area (Å²) in [6.45, 7) is 1.71. The lowest BCUT2D eigenvalue weighted by Gasteiger charge is -2.19. The quantitative estimate of drug-likeness (QED) is 0.560. The number of amides is 1. The second-order valence-electron chi connectivity index (χ2n) is 6.45. The minimum Gasteiger partial charge on any atom is -0.322 e. The maximum atomic E-state index is 13.4. The standard InChI is InChI=1S/C21H14FNO4S/c1-12-6-8-14(22)11-17(12)23-21(25)13-7-9-16-19(10-13)28(26,27)18-5-3-2-4-15(18)20(16)24/h2-11H,1H3,(H,23,25). The number of ketones is 1. The van der Waals surface area contributed by atoms with Gasteiger partial charge in [0.15, 0.2) is 5.78 Å². The molecule has 3 aromatic carbocycles. The van der Waals surface area contributed by atoms with Crippen LogP contribution in [0, 0.1) is 12.7 Å². The average Bonchev–Trinajstić information content (AvgIpc) is 2.69. The minimum atomic E-state index is -3.94. The zero-order valence-electron chi connectivity index (χ0n) is 14.7. The number of hydrogen-bond donors (Lipinski definition) is 1. The molecular formula is C21H14FNO4S. The van der Waals surface area contributed by atoms with E-state index in [9.17, 15) is 22.4 Å². The second-order valence-corrected chi connectivity index (χ2v) is 8.34. The summed E-state index contributed by atoms with van der Waals surface area (Å²) in [4.78, 5) is 24.9. The molecule has 0 aliphatic carbocycles. The zero-order chi connectivity index (χ0) is 20.1. The number of aryl methyl sites for hydroxylation is 1. The number of carbonyl (C=O) groups is 2. The van der Waals surface area contributed by atoms with Gasteiger partial charge in [0.1, 0.15) is 5.82 Å². The Morgan fingerprint density at radius 2 is 1.64 bits per heavy atom. The highest BCUT2D eigenvalue weighted by Crippen LogP contribution is 2.34. The van der Waals surface area contributed by atoms with Gasteiger partial charge >= 0.3 is 0 Å². The van der Waals surface area contributed by atoms with Gasteiger partial charge in [-0.25, -0.2) is 12.8 Å². The number of rotatable bonds is 2. The van der Waals surface area contributed by atoms with E-state index >= 15 is 0 Å². The van der Waals surface area contributed by atoms with Gasteiger partial charge in [-0.05, 0) is 55.0 Å². The number of hydrogen-bond acceptors (Lipinski definition) is 4. The van der Waals surface area contributed by atoms with Gasteiger partial charge in [0.25, 0.3) is 5.91 Å². The van der Waals surface area contributed by atoms with Crippen LogP contribution in [0.3, 0.4) is 0 Å². The largest absolute Gasteiger partial charge is 0.322 e. The summed E-state index contributed by atoms with van der Waals surface area (Å²) in [5.74, 6) is -1.51. The molecule has 0 aromatic heterocycles. The first-order valence-corrected chi connectivity index (χ1v) is 9.88. The van der Waals surface area contributed by atoms with Crippen molar-refractivity contribution in [2.24, 2.45) is 0 Å². The van der Waals surface area contributed by atoms with Gasteiger partial charge < -0.3 is 5.32 Å². The van der Waals surface area contributed by atoms with Crippen molar-refractivity contribution in [2.45, 2.75) is 16.7 Å². The number of benzene rings is 3. The van der Waals surface area contributed by atoms with E-state index in [-0.39, 0.29) is 32.2 Å². The molecule has 0 radical (unpaired) electrons. The molecule has 0 fully saturated rings. The lowest BCUT2D eigenvalue weighted by molar-refractivity contribution is 0.101. The van der Waals surface area contributed by atoms with Crippen LogP contribution in [-0.2, 0) is 9.84 Å². The van der Waals surface area contributed by atoms with Crippen LogP contribution in [0.1, 0.15) is 31.8 Å². The molecule has 1 aliphatic rings. The van der Waals surface area contributed by atoms with E-state index in [1.807, 2.05) is 0 Å². The molecule has 28 heavy (non-hydrogen) atoms. The van der Waals surface area contributed by atoms with Crippen LogP contribution in [0.2, 0.25) is 0 Å². The van der Waals surface area contributed by atoms with E-state index in [0.29, 0.717) is 5.56 Å². The molecular weight excluding hydrogens is 381 g/mol.